The molecule has 0 spiro atoms. The summed E-state index contributed by atoms with van der Waals surface area (Å²) >= 11 is 5.85. The number of aliphatic hydroxyl groups excluding tert-OH is 1. The molecule has 20 heavy (non-hydrogen) atoms. The van der Waals surface area contributed by atoms with Gasteiger partial charge in [0.05, 0.1) is 12.3 Å². The highest BCUT2D eigenvalue weighted by Crippen LogP contribution is 2.24. The van der Waals surface area contributed by atoms with E-state index in [-0.39, 0.29) is 23.1 Å². The van der Waals surface area contributed by atoms with Gasteiger partial charge in [-0.05, 0) is 37.8 Å². The average Bonchev–Trinajstić information content (AvgIpc) is 2.78. The minimum absolute atomic E-state index is 0.0543. The Morgan fingerprint density at radius 2 is 2.10 bits per heavy atom. The second-order valence-corrected chi connectivity index (χ2v) is 5.51. The molecule has 1 rings (SSSR count). The van der Waals surface area contributed by atoms with E-state index in [1.807, 2.05) is 13.8 Å². The summed E-state index contributed by atoms with van der Waals surface area (Å²) in [6.07, 6.45) is 2.49. The predicted octanol–water partition coefficient (Wildman–Crippen LogP) is 2.48. The summed E-state index contributed by atoms with van der Waals surface area (Å²) in [6, 6.07) is 0. The van der Waals surface area contributed by atoms with Gasteiger partial charge in [-0.25, -0.2) is 0 Å². The second kappa shape index (κ2) is 7.64. The number of nitrogens with zero attached hydrogens (tertiary/aromatic N) is 1. The molecule has 1 aromatic heterocycles. The summed E-state index contributed by atoms with van der Waals surface area (Å²) in [4.78, 5) is 11.9. The van der Waals surface area contributed by atoms with Crippen molar-refractivity contribution in [2.75, 3.05) is 13.2 Å². The molecule has 0 aliphatic carbocycles. The fourth-order valence-corrected chi connectivity index (χ4v) is 2.30. The van der Waals surface area contributed by atoms with E-state index < -0.39 is 0 Å². The van der Waals surface area contributed by atoms with Gasteiger partial charge in [0.15, 0.2) is 0 Å². The Morgan fingerprint density at radius 3 is 2.55 bits per heavy atom. The van der Waals surface area contributed by atoms with Crippen LogP contribution in [0.5, 0.6) is 0 Å². The van der Waals surface area contributed by atoms with Crippen LogP contribution in [-0.4, -0.2) is 29.3 Å². The number of rotatable bonds is 8. The molecule has 1 aromatic rings. The van der Waals surface area contributed by atoms with E-state index in [1.54, 1.807) is 6.92 Å². The molecule has 0 aliphatic rings. The number of carbonyl (C=O) groups excluding carboxylic acids is 1. The van der Waals surface area contributed by atoms with Crippen LogP contribution < -0.4 is 5.32 Å². The van der Waals surface area contributed by atoms with E-state index in [9.17, 15) is 9.90 Å². The van der Waals surface area contributed by atoms with Crippen LogP contribution in [0.2, 0.25) is 5.22 Å². The van der Waals surface area contributed by atoms with Gasteiger partial charge in [0.25, 0.3) is 0 Å². The molecule has 6 heteroatoms. The number of hydrogen-bond donors (Lipinski definition) is 2. The van der Waals surface area contributed by atoms with Crippen LogP contribution in [-0.2, 0) is 11.2 Å². The number of aryl methyl sites for hydroxylation is 1. The minimum atomic E-state index is -0.222. The van der Waals surface area contributed by atoms with E-state index in [4.69, 9.17) is 16.1 Å². The maximum absolute atomic E-state index is 11.9. The maximum atomic E-state index is 11.9. The molecule has 0 unspecified atom stereocenters. The number of halogens is 1. The van der Waals surface area contributed by atoms with Crippen molar-refractivity contribution in [3.63, 3.8) is 0 Å². The molecular formula is C14H23ClN2O3. The summed E-state index contributed by atoms with van der Waals surface area (Å²) in [5.41, 5.74) is 1.27. The first kappa shape index (κ1) is 17.0. The van der Waals surface area contributed by atoms with Gasteiger partial charge in [-0.1, -0.05) is 19.0 Å². The van der Waals surface area contributed by atoms with Gasteiger partial charge >= 0.3 is 0 Å². The van der Waals surface area contributed by atoms with Crippen molar-refractivity contribution in [1.29, 1.82) is 0 Å². The summed E-state index contributed by atoms with van der Waals surface area (Å²) in [6.45, 7) is 6.41. The lowest BCUT2D eigenvalue weighted by molar-refractivity contribution is -0.121. The highest BCUT2D eigenvalue weighted by Gasteiger charge is 2.25. The summed E-state index contributed by atoms with van der Waals surface area (Å²) in [5.74, 6) is -0.0543. The number of carbonyl (C=O) groups is 1. The Labute approximate surface area is 124 Å². The molecule has 0 fully saturated rings. The first-order chi connectivity index (χ1) is 9.48. The Morgan fingerprint density at radius 1 is 1.45 bits per heavy atom. The van der Waals surface area contributed by atoms with Crippen LogP contribution in [0.1, 0.15) is 44.4 Å². The third-order valence-corrected chi connectivity index (χ3v) is 4.33. The molecule has 0 radical (unpaired) electrons. The van der Waals surface area contributed by atoms with Gasteiger partial charge in [0.1, 0.15) is 0 Å². The van der Waals surface area contributed by atoms with Gasteiger partial charge in [0, 0.05) is 23.9 Å². The molecule has 5 nitrogen and oxygen atoms in total. The molecular weight excluding hydrogens is 280 g/mol. The molecule has 0 aliphatic heterocycles. The van der Waals surface area contributed by atoms with Crippen LogP contribution in [0.4, 0.5) is 0 Å². The largest absolute Gasteiger partial charge is 0.396 e. The molecule has 114 valence electrons. The third kappa shape index (κ3) is 4.21. The van der Waals surface area contributed by atoms with E-state index in [0.29, 0.717) is 19.4 Å². The zero-order chi connectivity index (χ0) is 15.2. The standard InChI is InChI=1S/C14H23ClN2O3/c1-4-14(5-2,9-18)8-16-12(19)7-6-11-10(3)17-20-13(11)15/h18H,4-9H2,1-3H3,(H,16,19). The third-order valence-electron chi connectivity index (χ3n) is 4.03. The van der Waals surface area contributed by atoms with Crippen molar-refractivity contribution >= 4 is 17.5 Å². The van der Waals surface area contributed by atoms with Gasteiger partial charge in [-0.2, -0.15) is 0 Å². The smallest absolute Gasteiger partial charge is 0.229 e. The molecule has 1 amide bonds. The first-order valence-electron chi connectivity index (χ1n) is 6.96. The number of aromatic nitrogens is 1. The van der Waals surface area contributed by atoms with Gasteiger partial charge < -0.3 is 14.9 Å². The summed E-state index contributed by atoms with van der Waals surface area (Å²) < 4.78 is 4.84. The van der Waals surface area contributed by atoms with Crippen LogP contribution in [0, 0.1) is 12.3 Å². The fourth-order valence-electron chi connectivity index (χ4n) is 2.03. The number of nitrogens with one attached hydrogen (secondary N) is 1. The molecule has 0 atom stereocenters. The van der Waals surface area contributed by atoms with E-state index in [2.05, 4.69) is 10.5 Å². The lowest BCUT2D eigenvalue weighted by atomic mass is 9.83. The second-order valence-electron chi connectivity index (χ2n) is 5.16. The van der Waals surface area contributed by atoms with Gasteiger partial charge in [-0.15, -0.1) is 0 Å². The van der Waals surface area contributed by atoms with Crippen LogP contribution >= 0.6 is 11.6 Å². The monoisotopic (exact) mass is 302 g/mol. The predicted molar refractivity (Wildman–Crippen MR) is 77.7 cm³/mol. The quantitative estimate of drug-likeness (QED) is 0.773. The lowest BCUT2D eigenvalue weighted by Crippen LogP contribution is -2.39. The zero-order valence-electron chi connectivity index (χ0n) is 12.3. The van der Waals surface area contributed by atoms with Crippen molar-refractivity contribution in [3.05, 3.63) is 16.5 Å². The Bertz CT molecular complexity index is 414. The number of aliphatic hydroxyl groups is 1. The van der Waals surface area contributed by atoms with Gasteiger partial charge in [-0.3, -0.25) is 4.79 Å². The molecule has 2 N–H and O–H groups in total. The highest BCUT2D eigenvalue weighted by molar-refractivity contribution is 6.29. The Balaban J connectivity index is 2.45. The molecule has 1 heterocycles. The van der Waals surface area contributed by atoms with Gasteiger partial charge in [0.2, 0.25) is 11.1 Å². The van der Waals surface area contributed by atoms with E-state index in [0.717, 1.165) is 24.1 Å². The lowest BCUT2D eigenvalue weighted by Gasteiger charge is -2.29. The van der Waals surface area contributed by atoms with E-state index in [1.165, 1.54) is 0 Å². The van der Waals surface area contributed by atoms with Crippen LogP contribution in [0.15, 0.2) is 4.52 Å². The SMILES string of the molecule is CCC(CC)(CO)CNC(=O)CCc1c(C)noc1Cl. The topological polar surface area (TPSA) is 75.4 Å². The molecule has 0 saturated heterocycles. The Hall–Kier alpha value is -1.07. The average molecular weight is 303 g/mol. The molecule has 0 aromatic carbocycles. The summed E-state index contributed by atoms with van der Waals surface area (Å²) in [7, 11) is 0. The highest BCUT2D eigenvalue weighted by atomic mass is 35.5. The summed E-state index contributed by atoms with van der Waals surface area (Å²) in [5, 5.41) is 16.3. The Kier molecular flexibility index (Phi) is 6.49. The fraction of sp³-hybridized carbons (Fsp3) is 0.714. The normalized spacial score (nSPS) is 11.7. The van der Waals surface area contributed by atoms with Crippen LogP contribution in [0.3, 0.4) is 0 Å². The van der Waals surface area contributed by atoms with Crippen molar-refractivity contribution in [3.8, 4) is 0 Å². The molecule has 0 saturated carbocycles. The van der Waals surface area contributed by atoms with Crippen molar-refractivity contribution < 1.29 is 14.4 Å². The first-order valence-corrected chi connectivity index (χ1v) is 7.34. The van der Waals surface area contributed by atoms with Crippen molar-refractivity contribution in [1.82, 2.24) is 10.5 Å². The number of hydrogen-bond acceptors (Lipinski definition) is 4. The van der Waals surface area contributed by atoms with Crippen molar-refractivity contribution in [2.45, 2.75) is 46.5 Å². The maximum Gasteiger partial charge on any atom is 0.229 e. The zero-order valence-corrected chi connectivity index (χ0v) is 13.1. The van der Waals surface area contributed by atoms with E-state index >= 15 is 0 Å². The minimum Gasteiger partial charge on any atom is -0.396 e. The van der Waals surface area contributed by atoms with Crippen molar-refractivity contribution in [2.24, 2.45) is 5.41 Å². The number of amides is 1. The van der Waals surface area contributed by atoms with Crippen LogP contribution in [0.25, 0.3) is 0 Å². The molecule has 0 bridgehead atoms.